The van der Waals surface area contributed by atoms with Gasteiger partial charge in [-0.15, -0.1) is 0 Å². The largest absolute Gasteiger partial charge is 2.00 e. The fourth-order valence-corrected chi connectivity index (χ4v) is 0.671. The fourth-order valence-electron chi connectivity index (χ4n) is 0.224. The number of aliphatic hydroxyl groups excluding tert-OH is 2. The Morgan fingerprint density at radius 1 is 0.800 bits per heavy atom. The van der Waals surface area contributed by atoms with Gasteiger partial charge in [0.2, 0.25) is 0 Å². The van der Waals surface area contributed by atoms with Gasteiger partial charge >= 0.3 is 21.1 Å². The molecule has 0 spiro atoms. The van der Waals surface area contributed by atoms with Crippen LogP contribution < -0.4 is 0 Å². The molecule has 0 aromatic heterocycles. The van der Waals surface area contributed by atoms with Crippen molar-refractivity contribution in [2.24, 2.45) is 0 Å². The smallest absolute Gasteiger partial charge is 0.748 e. The van der Waals surface area contributed by atoms with E-state index in [4.69, 9.17) is 10.2 Å². The van der Waals surface area contributed by atoms with Crippen molar-refractivity contribution in [2.75, 3.05) is 24.7 Å². The Hall–Kier alpha value is 0.428. The van der Waals surface area contributed by atoms with Gasteiger partial charge in [-0.1, -0.05) is 0 Å². The first-order valence-corrected chi connectivity index (χ1v) is 6.36. The monoisotopic (exact) mass is 445 g/mol. The predicted molar refractivity (Wildman–Crippen MR) is 43.3 cm³/mol. The van der Waals surface area contributed by atoms with E-state index in [9.17, 15) is 25.9 Å². The molecule has 96 valence electrons. The van der Waals surface area contributed by atoms with Gasteiger partial charge in [-0.05, 0) is 0 Å². The van der Waals surface area contributed by atoms with E-state index >= 15 is 0 Å². The Bertz CT molecular complexity index is 285. The molecule has 0 heterocycles. The summed E-state index contributed by atoms with van der Waals surface area (Å²) in [5.74, 6) is -1.38. The third kappa shape index (κ3) is 31.4. The van der Waals surface area contributed by atoms with E-state index in [1.165, 1.54) is 0 Å². The summed E-state index contributed by atoms with van der Waals surface area (Å²) in [4.78, 5) is 0. The van der Waals surface area contributed by atoms with Crippen LogP contribution in [0.4, 0.5) is 0 Å². The molecule has 0 bridgehead atoms. The Morgan fingerprint density at radius 3 is 1.00 bits per heavy atom. The minimum absolute atomic E-state index is 0. The summed E-state index contributed by atoms with van der Waals surface area (Å²) in [7, 11) is -8.35. The van der Waals surface area contributed by atoms with E-state index in [1.54, 1.807) is 0 Å². The molecule has 0 aromatic carbocycles. The van der Waals surface area contributed by atoms with E-state index in [2.05, 4.69) is 0 Å². The zero-order valence-electron chi connectivity index (χ0n) is 7.31. The maximum atomic E-state index is 9.52. The third-order valence-electron chi connectivity index (χ3n) is 0.683. The average Bonchev–Trinajstić information content (AvgIpc) is 1.81. The normalized spacial score (nSPS) is 10.9. The molecular weight excluding hydrogens is 435 g/mol. The molecular formula is C4H10O8PtS2. The van der Waals surface area contributed by atoms with Crippen LogP contribution in [0.2, 0.25) is 0 Å². The Kier molecular flexibility index (Phi) is 13.4. The van der Waals surface area contributed by atoms with E-state index in [0.29, 0.717) is 0 Å². The molecule has 0 amide bonds. The summed E-state index contributed by atoms with van der Waals surface area (Å²) in [5.41, 5.74) is 0. The number of hydrogen-bond acceptors (Lipinski definition) is 8. The second-order valence-electron chi connectivity index (χ2n) is 1.97. The van der Waals surface area contributed by atoms with Crippen LogP contribution in [-0.4, -0.2) is 60.9 Å². The number of hydrogen-bond donors (Lipinski definition) is 2. The van der Waals surface area contributed by atoms with Crippen molar-refractivity contribution in [3.8, 4) is 0 Å². The summed E-state index contributed by atoms with van der Waals surface area (Å²) < 4.78 is 57.1. The molecule has 11 heteroatoms. The van der Waals surface area contributed by atoms with Gasteiger partial charge in [0.1, 0.15) is 0 Å². The summed E-state index contributed by atoms with van der Waals surface area (Å²) in [6, 6.07) is 0. The van der Waals surface area contributed by atoms with Crippen LogP contribution >= 0.6 is 0 Å². The van der Waals surface area contributed by atoms with E-state index in [-0.39, 0.29) is 21.1 Å². The van der Waals surface area contributed by atoms with E-state index in [0.717, 1.165) is 0 Å². The standard InChI is InChI=1S/2C2H6O4S.Pt/c2*3-1-2-7(4,5)6;/h2*3H,1-2H2,(H,4,5,6);/q;;+2/p-2. The van der Waals surface area contributed by atoms with Crippen molar-refractivity contribution in [3.05, 3.63) is 0 Å². The SMILES string of the molecule is O=S(=O)([O-])CCO.O=S(=O)([O-])CCO.[Pt+2]. The Morgan fingerprint density at radius 2 is 1.00 bits per heavy atom. The second-order valence-corrected chi connectivity index (χ2v) is 5.02. The van der Waals surface area contributed by atoms with Gasteiger partial charge in [0, 0.05) is 0 Å². The van der Waals surface area contributed by atoms with Gasteiger partial charge in [-0.2, -0.15) is 0 Å². The topological polar surface area (TPSA) is 155 Å². The van der Waals surface area contributed by atoms with Gasteiger partial charge in [-0.25, -0.2) is 16.8 Å². The van der Waals surface area contributed by atoms with Crippen LogP contribution in [-0.2, 0) is 41.3 Å². The van der Waals surface area contributed by atoms with Crippen molar-refractivity contribution in [1.29, 1.82) is 0 Å². The molecule has 0 unspecified atom stereocenters. The Balaban J connectivity index is -0.000000180. The summed E-state index contributed by atoms with van der Waals surface area (Å²) in [6.07, 6.45) is 0. The molecule has 0 rings (SSSR count). The summed E-state index contributed by atoms with van der Waals surface area (Å²) >= 11 is 0. The minimum atomic E-state index is -4.17. The third-order valence-corrected chi connectivity index (χ3v) is 2.05. The average molecular weight is 445 g/mol. The first kappa shape index (κ1) is 20.8. The summed E-state index contributed by atoms with van der Waals surface area (Å²) in [5, 5.41) is 15.6. The molecule has 8 nitrogen and oxygen atoms in total. The molecule has 15 heavy (non-hydrogen) atoms. The molecule has 0 aliphatic carbocycles. The Labute approximate surface area is 102 Å². The van der Waals surface area contributed by atoms with Gasteiger partial charge < -0.3 is 19.3 Å². The minimum Gasteiger partial charge on any atom is -0.748 e. The summed E-state index contributed by atoms with van der Waals surface area (Å²) in [6.45, 7) is -1.18. The van der Waals surface area contributed by atoms with E-state index < -0.39 is 45.0 Å². The number of rotatable bonds is 4. The molecule has 0 aromatic rings. The molecule has 0 atom stereocenters. The first-order valence-electron chi connectivity index (χ1n) is 3.21. The molecule has 0 saturated heterocycles. The van der Waals surface area contributed by atoms with Gasteiger partial charge in [0.15, 0.2) is 0 Å². The quantitative estimate of drug-likeness (QED) is 0.435. The molecule has 0 aliphatic heterocycles. The first-order chi connectivity index (χ1) is 6.12. The molecule has 2 N–H and O–H groups in total. The van der Waals surface area contributed by atoms with Gasteiger partial charge in [-0.3, -0.25) is 0 Å². The zero-order valence-corrected chi connectivity index (χ0v) is 11.2. The van der Waals surface area contributed by atoms with Crippen molar-refractivity contribution < 1.29 is 57.2 Å². The predicted octanol–water partition coefficient (Wildman–Crippen LogP) is -2.95. The maximum Gasteiger partial charge on any atom is 2.00 e. The van der Waals surface area contributed by atoms with Crippen molar-refractivity contribution in [3.63, 3.8) is 0 Å². The fraction of sp³-hybridized carbons (Fsp3) is 1.00. The van der Waals surface area contributed by atoms with E-state index in [1.807, 2.05) is 0 Å². The maximum absolute atomic E-state index is 9.52. The number of aliphatic hydroxyl groups is 2. The molecule has 0 fully saturated rings. The van der Waals surface area contributed by atoms with Crippen molar-refractivity contribution in [1.82, 2.24) is 0 Å². The van der Waals surface area contributed by atoms with Gasteiger partial charge in [0.05, 0.1) is 45.0 Å². The van der Waals surface area contributed by atoms with Crippen LogP contribution in [0.25, 0.3) is 0 Å². The van der Waals surface area contributed by atoms with Crippen LogP contribution in [0, 0.1) is 0 Å². The second kappa shape index (κ2) is 9.64. The molecule has 0 radical (unpaired) electrons. The molecule has 0 saturated carbocycles. The molecule has 0 aliphatic rings. The van der Waals surface area contributed by atoms with Crippen LogP contribution in [0.3, 0.4) is 0 Å². The van der Waals surface area contributed by atoms with Crippen LogP contribution in [0.15, 0.2) is 0 Å². The van der Waals surface area contributed by atoms with Crippen molar-refractivity contribution in [2.45, 2.75) is 0 Å². The van der Waals surface area contributed by atoms with Gasteiger partial charge in [0.25, 0.3) is 0 Å². The zero-order chi connectivity index (χ0) is 11.8. The van der Waals surface area contributed by atoms with Crippen LogP contribution in [0.5, 0.6) is 0 Å². The van der Waals surface area contributed by atoms with Crippen molar-refractivity contribution >= 4 is 20.2 Å². The van der Waals surface area contributed by atoms with Crippen LogP contribution in [0.1, 0.15) is 0 Å².